The summed E-state index contributed by atoms with van der Waals surface area (Å²) in [7, 11) is 0. The van der Waals surface area contributed by atoms with Crippen molar-refractivity contribution < 1.29 is 29.0 Å². The molecule has 0 saturated carbocycles. The third-order valence-corrected chi connectivity index (χ3v) is 6.99. The molecule has 3 aromatic rings. The maximum Gasteiger partial charge on any atom is 0.408 e. The summed E-state index contributed by atoms with van der Waals surface area (Å²) >= 11 is 0. The van der Waals surface area contributed by atoms with Gasteiger partial charge in [0.25, 0.3) is 5.91 Å². The summed E-state index contributed by atoms with van der Waals surface area (Å²) in [5, 5.41) is 17.5. The Morgan fingerprint density at radius 3 is 2.25 bits per heavy atom. The van der Waals surface area contributed by atoms with Gasteiger partial charge in [0.1, 0.15) is 23.4 Å². The van der Waals surface area contributed by atoms with Crippen LogP contribution in [0.2, 0.25) is 0 Å². The van der Waals surface area contributed by atoms with Crippen LogP contribution < -0.4 is 16.4 Å². The van der Waals surface area contributed by atoms with Crippen LogP contribution in [0.1, 0.15) is 77.8 Å². The van der Waals surface area contributed by atoms with Crippen LogP contribution in [0.3, 0.4) is 0 Å². The number of benzene rings is 3. The second kappa shape index (κ2) is 15.7. The van der Waals surface area contributed by atoms with Crippen LogP contribution in [-0.4, -0.2) is 52.0 Å². The van der Waals surface area contributed by atoms with E-state index in [-0.39, 0.29) is 25.1 Å². The Morgan fingerprint density at radius 2 is 1.61 bits per heavy atom. The van der Waals surface area contributed by atoms with E-state index in [1.807, 2.05) is 36.4 Å². The lowest BCUT2D eigenvalue weighted by molar-refractivity contribution is -0.141. The number of amides is 4. The van der Waals surface area contributed by atoms with Gasteiger partial charge in [0.05, 0.1) is 0 Å². The molecule has 0 fully saturated rings. The van der Waals surface area contributed by atoms with Crippen molar-refractivity contribution >= 4 is 40.3 Å². The number of phenols is 1. The third-order valence-electron chi connectivity index (χ3n) is 6.99. The highest BCUT2D eigenvalue weighted by Gasteiger charge is 2.36. The fourth-order valence-electron chi connectivity index (χ4n) is 4.88. The van der Waals surface area contributed by atoms with Gasteiger partial charge in [-0.15, -0.1) is 0 Å². The Balaban J connectivity index is 2.03. The summed E-state index contributed by atoms with van der Waals surface area (Å²) in [6, 6.07) is 17.1. The number of alkyl carbamates (subject to hydrolysis) is 1. The molecule has 0 aromatic heterocycles. The molecule has 3 aromatic carbocycles. The number of rotatable bonds is 14. The Hall–Kier alpha value is -4.60. The van der Waals surface area contributed by atoms with Gasteiger partial charge in [0, 0.05) is 18.7 Å². The van der Waals surface area contributed by atoms with Crippen LogP contribution in [0.25, 0.3) is 10.8 Å². The van der Waals surface area contributed by atoms with Crippen molar-refractivity contribution in [2.24, 2.45) is 5.73 Å². The number of phenolic OH excluding ortho intramolecular Hbond substituents is 1. The first-order valence-electron chi connectivity index (χ1n) is 15.0. The van der Waals surface area contributed by atoms with Crippen molar-refractivity contribution in [3.63, 3.8) is 0 Å². The average molecular weight is 605 g/mol. The zero-order valence-electron chi connectivity index (χ0n) is 26.0. The first-order valence-corrected chi connectivity index (χ1v) is 15.0. The monoisotopic (exact) mass is 604 g/mol. The summed E-state index contributed by atoms with van der Waals surface area (Å²) in [5.74, 6) is -1.65. The predicted molar refractivity (Wildman–Crippen MR) is 171 cm³/mol. The van der Waals surface area contributed by atoms with E-state index in [1.165, 1.54) is 17.0 Å². The number of fused-ring (bicyclic) bond motifs is 1. The smallest absolute Gasteiger partial charge is 0.408 e. The topological polar surface area (TPSA) is 151 Å². The normalized spacial score (nSPS) is 12.6. The molecule has 0 saturated heterocycles. The summed E-state index contributed by atoms with van der Waals surface area (Å²) < 4.78 is 5.39. The molecule has 0 aliphatic carbocycles. The number of anilines is 1. The van der Waals surface area contributed by atoms with Crippen LogP contribution in [0.4, 0.5) is 10.5 Å². The van der Waals surface area contributed by atoms with Crippen molar-refractivity contribution in [3.8, 4) is 5.75 Å². The molecule has 10 heteroatoms. The molecule has 0 bridgehead atoms. The lowest BCUT2D eigenvalue weighted by Crippen LogP contribution is -2.52. The lowest BCUT2D eigenvalue weighted by atomic mass is 10.0. The summed E-state index contributed by atoms with van der Waals surface area (Å²) in [4.78, 5) is 54.3. The van der Waals surface area contributed by atoms with Crippen molar-refractivity contribution in [2.75, 3.05) is 11.9 Å². The maximum atomic E-state index is 14.3. The summed E-state index contributed by atoms with van der Waals surface area (Å²) in [6.45, 7) is 7.38. The first kappa shape index (κ1) is 33.9. The fraction of sp³-hybridized carbons (Fsp3) is 0.412. The van der Waals surface area contributed by atoms with Gasteiger partial charge in [0.2, 0.25) is 11.8 Å². The number of carbonyl (C=O) groups excluding carboxylic acids is 4. The van der Waals surface area contributed by atoms with Gasteiger partial charge in [0.15, 0.2) is 0 Å². The SMILES string of the molecule is CCCCCCN(C(=O)C(CCC(N)=O)NC(=O)OC(C)(C)C)C(C(=O)Nc1ccc2ccccc2c1)c1ccc(O)cc1. The van der Waals surface area contributed by atoms with E-state index < -0.39 is 41.5 Å². The predicted octanol–water partition coefficient (Wildman–Crippen LogP) is 5.79. The standard InChI is InChI=1S/C34H44N4O6/c1-5-6-7-10-21-38(32(42)28(19-20-29(35)40)37-33(43)44-34(2,3)4)30(24-14-17-27(39)18-15-24)31(41)36-26-16-13-23-11-8-9-12-25(23)22-26/h8-9,11-18,22,28,30,39H,5-7,10,19-21H2,1-4H3,(H2,35,40)(H,36,41)(H,37,43). The minimum Gasteiger partial charge on any atom is -0.508 e. The number of hydrogen-bond acceptors (Lipinski definition) is 6. The zero-order chi connectivity index (χ0) is 32.3. The Morgan fingerprint density at radius 1 is 0.932 bits per heavy atom. The minimum atomic E-state index is -1.18. The molecule has 3 rings (SSSR count). The molecule has 4 amide bonds. The second-order valence-corrected chi connectivity index (χ2v) is 11.8. The molecular weight excluding hydrogens is 560 g/mol. The molecule has 10 nitrogen and oxygen atoms in total. The van der Waals surface area contributed by atoms with Gasteiger partial charge in [-0.3, -0.25) is 14.4 Å². The fourth-order valence-corrected chi connectivity index (χ4v) is 4.88. The van der Waals surface area contributed by atoms with Gasteiger partial charge in [-0.2, -0.15) is 0 Å². The highest BCUT2D eigenvalue weighted by Crippen LogP contribution is 2.28. The Bertz CT molecular complexity index is 1430. The van der Waals surface area contributed by atoms with E-state index in [0.29, 0.717) is 17.7 Å². The second-order valence-electron chi connectivity index (χ2n) is 11.8. The van der Waals surface area contributed by atoms with Gasteiger partial charge >= 0.3 is 6.09 Å². The summed E-state index contributed by atoms with van der Waals surface area (Å²) in [6.07, 6.45) is 2.27. The number of nitrogens with one attached hydrogen (secondary N) is 2. The number of aromatic hydroxyl groups is 1. The highest BCUT2D eigenvalue weighted by molar-refractivity contribution is 6.00. The van der Waals surface area contributed by atoms with Crippen LogP contribution in [0.15, 0.2) is 66.7 Å². The number of hydrogen-bond donors (Lipinski definition) is 4. The maximum absolute atomic E-state index is 14.3. The number of primary amides is 1. The molecule has 2 atom stereocenters. The van der Waals surface area contributed by atoms with Crippen LogP contribution >= 0.6 is 0 Å². The largest absolute Gasteiger partial charge is 0.508 e. The molecule has 0 aliphatic rings. The first-order chi connectivity index (χ1) is 20.9. The number of unbranched alkanes of at least 4 members (excludes halogenated alkanes) is 3. The van der Waals surface area contributed by atoms with Gasteiger partial charge in [-0.05, 0) is 74.2 Å². The minimum absolute atomic E-state index is 0.00851. The molecular formula is C34H44N4O6. The number of ether oxygens (including phenoxy) is 1. The van der Waals surface area contributed by atoms with E-state index in [9.17, 15) is 24.3 Å². The zero-order valence-corrected chi connectivity index (χ0v) is 26.0. The molecule has 0 aliphatic heterocycles. The van der Waals surface area contributed by atoms with Gasteiger partial charge in [-0.25, -0.2) is 4.79 Å². The molecule has 0 radical (unpaired) electrons. The Labute approximate surface area is 258 Å². The quantitative estimate of drug-likeness (QED) is 0.171. The van der Waals surface area contributed by atoms with Gasteiger partial charge < -0.3 is 31.1 Å². The van der Waals surface area contributed by atoms with E-state index in [4.69, 9.17) is 10.5 Å². The number of carbonyl (C=O) groups is 4. The van der Waals surface area contributed by atoms with Crippen LogP contribution in [-0.2, 0) is 19.1 Å². The van der Waals surface area contributed by atoms with Crippen molar-refractivity contribution in [3.05, 3.63) is 72.3 Å². The van der Waals surface area contributed by atoms with E-state index in [0.717, 1.165) is 30.0 Å². The molecule has 236 valence electrons. The van der Waals surface area contributed by atoms with E-state index in [2.05, 4.69) is 17.6 Å². The molecule has 0 spiro atoms. The third kappa shape index (κ3) is 10.3. The highest BCUT2D eigenvalue weighted by atomic mass is 16.6. The molecule has 0 heterocycles. The van der Waals surface area contributed by atoms with Gasteiger partial charge in [-0.1, -0.05) is 68.7 Å². The van der Waals surface area contributed by atoms with E-state index in [1.54, 1.807) is 39.0 Å². The van der Waals surface area contributed by atoms with E-state index >= 15 is 0 Å². The van der Waals surface area contributed by atoms with Crippen molar-refractivity contribution in [1.82, 2.24) is 10.2 Å². The van der Waals surface area contributed by atoms with Crippen molar-refractivity contribution in [1.29, 1.82) is 0 Å². The Kier molecular flexibility index (Phi) is 12.1. The number of nitrogens with two attached hydrogens (primary N) is 1. The molecule has 2 unspecified atom stereocenters. The lowest BCUT2D eigenvalue weighted by Gasteiger charge is -2.34. The number of nitrogens with zero attached hydrogens (tertiary/aromatic N) is 1. The van der Waals surface area contributed by atoms with Crippen molar-refractivity contribution in [2.45, 2.75) is 83.9 Å². The summed E-state index contributed by atoms with van der Waals surface area (Å²) in [5.41, 5.74) is 5.60. The average Bonchev–Trinajstić information content (AvgIpc) is 2.96. The molecule has 44 heavy (non-hydrogen) atoms. The van der Waals surface area contributed by atoms with Crippen LogP contribution in [0, 0.1) is 0 Å². The van der Waals surface area contributed by atoms with Crippen LogP contribution in [0.5, 0.6) is 5.75 Å². The molecule has 5 N–H and O–H groups in total.